The summed E-state index contributed by atoms with van der Waals surface area (Å²) < 4.78 is 0. The van der Waals surface area contributed by atoms with Crippen LogP contribution < -0.4 is 0 Å². The average molecular weight is 324 g/mol. The summed E-state index contributed by atoms with van der Waals surface area (Å²) in [7, 11) is 3.97. The van der Waals surface area contributed by atoms with E-state index in [-0.39, 0.29) is 5.91 Å². The summed E-state index contributed by atoms with van der Waals surface area (Å²) in [6.07, 6.45) is 8.48. The average Bonchev–Trinajstić information content (AvgIpc) is 3.06. The first kappa shape index (κ1) is 16.6. The molecule has 0 bridgehead atoms. The minimum absolute atomic E-state index is 0.0217. The molecule has 0 unspecified atom stereocenters. The van der Waals surface area contributed by atoms with Gasteiger partial charge in [-0.05, 0) is 68.2 Å². The van der Waals surface area contributed by atoms with Crippen molar-refractivity contribution >= 4 is 5.91 Å². The second-order valence-corrected chi connectivity index (χ2v) is 6.45. The van der Waals surface area contributed by atoms with Gasteiger partial charge in [-0.15, -0.1) is 0 Å². The van der Waals surface area contributed by atoms with Gasteiger partial charge in [-0.3, -0.25) is 19.7 Å². The van der Waals surface area contributed by atoms with Crippen molar-refractivity contribution in [1.82, 2.24) is 19.8 Å². The maximum atomic E-state index is 12.7. The highest BCUT2D eigenvalue weighted by atomic mass is 16.2. The van der Waals surface area contributed by atoms with E-state index in [0.717, 1.165) is 19.4 Å². The molecule has 0 radical (unpaired) electrons. The molecule has 0 aromatic carbocycles. The molecule has 2 aromatic heterocycles. The van der Waals surface area contributed by atoms with E-state index in [4.69, 9.17) is 0 Å². The summed E-state index contributed by atoms with van der Waals surface area (Å²) >= 11 is 0. The third kappa shape index (κ3) is 3.79. The molecule has 0 saturated carbocycles. The highest BCUT2D eigenvalue weighted by Crippen LogP contribution is 2.30. The minimum Gasteiger partial charge on any atom is -0.340 e. The van der Waals surface area contributed by atoms with E-state index in [1.54, 1.807) is 23.5 Å². The molecule has 0 N–H and O–H groups in total. The van der Waals surface area contributed by atoms with Crippen LogP contribution in [0.3, 0.4) is 0 Å². The quantitative estimate of drug-likeness (QED) is 0.848. The molecule has 3 rings (SSSR count). The third-order valence-corrected chi connectivity index (χ3v) is 4.74. The lowest BCUT2D eigenvalue weighted by Gasteiger charge is -2.21. The molecule has 3 heterocycles. The lowest BCUT2D eigenvalue weighted by molar-refractivity contribution is 0.0790. The Hall–Kier alpha value is -2.27. The highest BCUT2D eigenvalue weighted by Gasteiger charge is 2.24. The van der Waals surface area contributed by atoms with Crippen LogP contribution in [0.2, 0.25) is 0 Å². The van der Waals surface area contributed by atoms with Crippen molar-refractivity contribution in [2.75, 3.05) is 27.2 Å². The van der Waals surface area contributed by atoms with Crippen LogP contribution in [-0.2, 0) is 6.42 Å². The first-order valence-electron chi connectivity index (χ1n) is 8.45. The van der Waals surface area contributed by atoms with Crippen molar-refractivity contribution in [3.05, 3.63) is 59.7 Å². The van der Waals surface area contributed by atoms with Crippen LogP contribution in [0.1, 0.15) is 40.5 Å². The van der Waals surface area contributed by atoms with Gasteiger partial charge in [0.25, 0.3) is 5.91 Å². The molecule has 1 amide bonds. The van der Waals surface area contributed by atoms with Crippen LogP contribution in [0, 0.1) is 0 Å². The van der Waals surface area contributed by atoms with Gasteiger partial charge in [-0.25, -0.2) is 0 Å². The molecule has 1 aliphatic heterocycles. The second-order valence-electron chi connectivity index (χ2n) is 6.45. The van der Waals surface area contributed by atoms with Crippen molar-refractivity contribution in [2.24, 2.45) is 0 Å². The van der Waals surface area contributed by atoms with Crippen molar-refractivity contribution in [2.45, 2.75) is 25.3 Å². The third-order valence-electron chi connectivity index (χ3n) is 4.74. The Morgan fingerprint density at radius 2 is 2.08 bits per heavy atom. The Bertz CT molecular complexity index is 689. The smallest absolute Gasteiger partial charge is 0.272 e. The maximum absolute atomic E-state index is 12.7. The summed E-state index contributed by atoms with van der Waals surface area (Å²) in [4.78, 5) is 25.0. The van der Waals surface area contributed by atoms with Gasteiger partial charge in [0.2, 0.25) is 0 Å². The number of carbonyl (C=O) groups is 1. The van der Waals surface area contributed by atoms with Crippen LogP contribution in [-0.4, -0.2) is 52.9 Å². The van der Waals surface area contributed by atoms with Gasteiger partial charge in [0.1, 0.15) is 5.69 Å². The van der Waals surface area contributed by atoms with Crippen molar-refractivity contribution in [3.63, 3.8) is 0 Å². The predicted octanol–water partition coefficient (Wildman–Crippen LogP) is 2.56. The van der Waals surface area contributed by atoms with Gasteiger partial charge >= 0.3 is 0 Å². The summed E-state index contributed by atoms with van der Waals surface area (Å²) in [6, 6.07) is 8.35. The van der Waals surface area contributed by atoms with Crippen molar-refractivity contribution < 1.29 is 4.79 Å². The SMILES string of the molecule is CN(CCc1ccncc1)C(=O)c1cc([C@@H]2CCCN2C)ccn1. The van der Waals surface area contributed by atoms with Gasteiger partial charge < -0.3 is 4.90 Å². The molecule has 1 fully saturated rings. The van der Waals surface area contributed by atoms with Crippen molar-refractivity contribution in [3.8, 4) is 0 Å². The van der Waals surface area contributed by atoms with Crippen LogP contribution in [0.25, 0.3) is 0 Å². The molecule has 126 valence electrons. The second kappa shape index (κ2) is 7.53. The van der Waals surface area contributed by atoms with Gasteiger partial charge in [-0.1, -0.05) is 0 Å². The fourth-order valence-corrected chi connectivity index (χ4v) is 3.25. The normalized spacial score (nSPS) is 17.8. The number of aromatic nitrogens is 2. The van der Waals surface area contributed by atoms with E-state index in [9.17, 15) is 4.79 Å². The van der Waals surface area contributed by atoms with Crippen LogP contribution >= 0.6 is 0 Å². The van der Waals surface area contributed by atoms with E-state index in [2.05, 4.69) is 21.9 Å². The number of hydrogen-bond donors (Lipinski definition) is 0. The summed E-state index contributed by atoms with van der Waals surface area (Å²) in [6.45, 7) is 1.78. The molecule has 2 aromatic rings. The Balaban J connectivity index is 1.65. The van der Waals surface area contributed by atoms with Gasteiger partial charge in [0.15, 0.2) is 0 Å². The standard InChI is InChI=1S/C19H24N4O/c1-22-12-3-4-18(22)16-7-11-21-17(14-16)19(24)23(2)13-8-15-5-9-20-10-6-15/h5-7,9-11,14,18H,3-4,8,12-13H2,1-2H3/t18-/m0/s1. The Kier molecular flexibility index (Phi) is 5.20. The molecule has 1 aliphatic rings. The van der Waals surface area contributed by atoms with Crippen LogP contribution in [0.4, 0.5) is 0 Å². The largest absolute Gasteiger partial charge is 0.340 e. The zero-order valence-corrected chi connectivity index (χ0v) is 14.4. The van der Waals surface area contributed by atoms with Crippen molar-refractivity contribution in [1.29, 1.82) is 0 Å². The number of nitrogens with zero attached hydrogens (tertiary/aromatic N) is 4. The number of carbonyl (C=O) groups excluding carboxylic acids is 1. The van der Waals surface area contributed by atoms with E-state index < -0.39 is 0 Å². The predicted molar refractivity (Wildman–Crippen MR) is 93.7 cm³/mol. The minimum atomic E-state index is -0.0217. The van der Waals surface area contributed by atoms with Gasteiger partial charge in [0.05, 0.1) is 0 Å². The maximum Gasteiger partial charge on any atom is 0.272 e. The Morgan fingerprint density at radius 3 is 2.79 bits per heavy atom. The molecular weight excluding hydrogens is 300 g/mol. The monoisotopic (exact) mass is 324 g/mol. The molecule has 24 heavy (non-hydrogen) atoms. The number of rotatable bonds is 5. The molecule has 0 aliphatic carbocycles. The van der Waals surface area contributed by atoms with E-state index in [1.807, 2.05) is 31.3 Å². The van der Waals surface area contributed by atoms with E-state index in [1.165, 1.54) is 17.5 Å². The fraction of sp³-hybridized carbons (Fsp3) is 0.421. The number of likely N-dealkylation sites (N-methyl/N-ethyl adjacent to an activating group) is 1. The van der Waals surface area contributed by atoms with E-state index in [0.29, 0.717) is 18.3 Å². The van der Waals surface area contributed by atoms with Gasteiger partial charge in [0, 0.05) is 38.2 Å². The van der Waals surface area contributed by atoms with E-state index >= 15 is 0 Å². The summed E-state index contributed by atoms with van der Waals surface area (Å²) in [5.74, 6) is -0.0217. The zero-order valence-electron chi connectivity index (χ0n) is 14.4. The molecule has 5 heteroatoms. The first-order valence-corrected chi connectivity index (χ1v) is 8.45. The first-order chi connectivity index (χ1) is 11.6. The number of amides is 1. The number of hydrogen-bond acceptors (Lipinski definition) is 4. The lowest BCUT2D eigenvalue weighted by atomic mass is 10.0. The molecular formula is C19H24N4O. The molecule has 5 nitrogen and oxygen atoms in total. The topological polar surface area (TPSA) is 49.3 Å². The number of likely N-dealkylation sites (tertiary alicyclic amines) is 1. The Labute approximate surface area is 143 Å². The zero-order chi connectivity index (χ0) is 16.9. The van der Waals surface area contributed by atoms with Gasteiger partial charge in [-0.2, -0.15) is 0 Å². The molecule has 0 spiro atoms. The molecule has 1 saturated heterocycles. The lowest BCUT2D eigenvalue weighted by Crippen LogP contribution is -2.29. The summed E-state index contributed by atoms with van der Waals surface area (Å²) in [5, 5.41) is 0. The van der Waals surface area contributed by atoms with Crippen LogP contribution in [0.15, 0.2) is 42.9 Å². The highest BCUT2D eigenvalue weighted by molar-refractivity contribution is 5.92. The molecule has 1 atom stereocenters. The Morgan fingerprint density at radius 1 is 1.29 bits per heavy atom. The van der Waals surface area contributed by atoms with Crippen LogP contribution in [0.5, 0.6) is 0 Å². The fourth-order valence-electron chi connectivity index (χ4n) is 3.25. The number of pyridine rings is 2. The summed E-state index contributed by atoms with van der Waals surface area (Å²) in [5.41, 5.74) is 2.90.